The molecule has 1 atom stereocenters. The zero-order valence-corrected chi connectivity index (χ0v) is 12.7. The molecule has 5 heteroatoms. The van der Waals surface area contributed by atoms with Gasteiger partial charge in [-0.05, 0) is 49.0 Å². The van der Waals surface area contributed by atoms with Gasteiger partial charge in [-0.2, -0.15) is 0 Å². The predicted octanol–water partition coefficient (Wildman–Crippen LogP) is 4.03. The highest BCUT2D eigenvalue weighted by Gasteiger charge is 2.13. The lowest BCUT2D eigenvalue weighted by molar-refractivity contribution is 0.385. The van der Waals surface area contributed by atoms with Gasteiger partial charge >= 0.3 is 0 Å². The Balaban J connectivity index is 2.05. The van der Waals surface area contributed by atoms with Gasteiger partial charge in [0.2, 0.25) is 0 Å². The lowest BCUT2D eigenvalue weighted by Gasteiger charge is -2.17. The molecule has 1 unspecified atom stereocenters. The van der Waals surface area contributed by atoms with E-state index in [1.807, 2.05) is 13.1 Å². The predicted molar refractivity (Wildman–Crippen MR) is 81.9 cm³/mol. The van der Waals surface area contributed by atoms with Crippen LogP contribution in [0.2, 0.25) is 0 Å². The number of thioether (sulfide) groups is 1. The normalized spacial score (nSPS) is 12.2. The van der Waals surface area contributed by atoms with Gasteiger partial charge in [0.25, 0.3) is 0 Å². The molecule has 2 aromatic carbocycles. The Morgan fingerprint density at radius 3 is 2.43 bits per heavy atom. The summed E-state index contributed by atoms with van der Waals surface area (Å²) in [5, 5.41) is 3.16. The van der Waals surface area contributed by atoms with E-state index in [1.165, 1.54) is 25.3 Å². The molecule has 0 aliphatic rings. The second-order valence-corrected chi connectivity index (χ2v) is 5.59. The van der Waals surface area contributed by atoms with Gasteiger partial charge in [-0.15, -0.1) is 11.8 Å². The molecule has 1 N–H and O–H groups in total. The van der Waals surface area contributed by atoms with E-state index < -0.39 is 0 Å². The van der Waals surface area contributed by atoms with Gasteiger partial charge in [0.05, 0.1) is 7.11 Å². The molecule has 0 spiro atoms. The van der Waals surface area contributed by atoms with Crippen LogP contribution in [0.25, 0.3) is 0 Å². The van der Waals surface area contributed by atoms with E-state index in [0.717, 1.165) is 10.5 Å². The van der Waals surface area contributed by atoms with Crippen molar-refractivity contribution in [1.29, 1.82) is 0 Å². The van der Waals surface area contributed by atoms with Gasteiger partial charge in [0.15, 0.2) is 11.6 Å². The van der Waals surface area contributed by atoms with Crippen molar-refractivity contribution in [1.82, 2.24) is 5.32 Å². The molecule has 0 radical (unpaired) electrons. The lowest BCUT2D eigenvalue weighted by atomic mass is 10.1. The van der Waals surface area contributed by atoms with Gasteiger partial charge in [0.1, 0.15) is 5.82 Å². The highest BCUT2D eigenvalue weighted by molar-refractivity contribution is 7.99. The SMILES string of the molecule is CNC(CSc1ccc(F)cc1)c1ccc(OC)c(F)c1. The maximum absolute atomic E-state index is 13.8. The van der Waals surface area contributed by atoms with Crippen LogP contribution in [0.5, 0.6) is 5.75 Å². The first-order valence-electron chi connectivity index (χ1n) is 6.53. The van der Waals surface area contributed by atoms with Crippen LogP contribution in [0, 0.1) is 11.6 Å². The van der Waals surface area contributed by atoms with E-state index in [1.54, 1.807) is 30.0 Å². The molecule has 0 aliphatic carbocycles. The fourth-order valence-corrected chi connectivity index (χ4v) is 3.00. The van der Waals surface area contributed by atoms with E-state index in [4.69, 9.17) is 4.74 Å². The molecule has 2 aromatic rings. The third-order valence-electron chi connectivity index (χ3n) is 3.16. The van der Waals surface area contributed by atoms with Crippen LogP contribution in [-0.4, -0.2) is 19.9 Å². The minimum absolute atomic E-state index is 0.000425. The quantitative estimate of drug-likeness (QED) is 0.814. The molecule has 2 nitrogen and oxygen atoms in total. The zero-order chi connectivity index (χ0) is 15.2. The Labute approximate surface area is 127 Å². The number of hydrogen-bond acceptors (Lipinski definition) is 3. The molecule has 0 bridgehead atoms. The van der Waals surface area contributed by atoms with Crippen LogP contribution in [0.1, 0.15) is 11.6 Å². The van der Waals surface area contributed by atoms with Gasteiger partial charge in [-0.25, -0.2) is 8.78 Å². The summed E-state index contributed by atoms with van der Waals surface area (Å²) in [7, 11) is 3.27. The number of ether oxygens (including phenoxy) is 1. The van der Waals surface area contributed by atoms with Crippen LogP contribution in [0.4, 0.5) is 8.78 Å². The molecule has 0 aromatic heterocycles. The number of benzene rings is 2. The molecule has 0 saturated carbocycles. The Morgan fingerprint density at radius 1 is 1.14 bits per heavy atom. The zero-order valence-electron chi connectivity index (χ0n) is 11.9. The molecule has 0 fully saturated rings. The van der Waals surface area contributed by atoms with E-state index in [2.05, 4.69) is 5.32 Å². The summed E-state index contributed by atoms with van der Waals surface area (Å²) >= 11 is 1.59. The molecule has 0 saturated heterocycles. The topological polar surface area (TPSA) is 21.3 Å². The summed E-state index contributed by atoms with van der Waals surface area (Å²) in [5.41, 5.74) is 0.852. The highest BCUT2D eigenvalue weighted by Crippen LogP contribution is 2.27. The largest absolute Gasteiger partial charge is 0.494 e. The van der Waals surface area contributed by atoms with Gasteiger partial charge < -0.3 is 10.1 Å². The third kappa shape index (κ3) is 4.19. The fourth-order valence-electron chi connectivity index (χ4n) is 1.96. The Kier molecular flexibility index (Phi) is 5.59. The molecule has 0 heterocycles. The van der Waals surface area contributed by atoms with Crippen molar-refractivity contribution >= 4 is 11.8 Å². The summed E-state index contributed by atoms with van der Waals surface area (Å²) in [6.07, 6.45) is 0. The van der Waals surface area contributed by atoms with E-state index in [0.29, 0.717) is 5.75 Å². The minimum Gasteiger partial charge on any atom is -0.494 e. The van der Waals surface area contributed by atoms with Crippen LogP contribution in [0.15, 0.2) is 47.4 Å². The highest BCUT2D eigenvalue weighted by atomic mass is 32.2. The van der Waals surface area contributed by atoms with Crippen molar-refractivity contribution < 1.29 is 13.5 Å². The van der Waals surface area contributed by atoms with Crippen molar-refractivity contribution in [3.05, 3.63) is 59.7 Å². The summed E-state index contributed by atoms with van der Waals surface area (Å²) in [4.78, 5) is 0.977. The fraction of sp³-hybridized carbons (Fsp3) is 0.250. The second kappa shape index (κ2) is 7.43. The van der Waals surface area contributed by atoms with Gasteiger partial charge in [0, 0.05) is 16.7 Å². The van der Waals surface area contributed by atoms with Crippen molar-refractivity contribution in [3.8, 4) is 5.75 Å². The molecular weight excluding hydrogens is 292 g/mol. The first kappa shape index (κ1) is 15.8. The standard InChI is InChI=1S/C16H17F2NOS/c1-19-15(10-21-13-6-4-12(17)5-7-13)11-3-8-16(20-2)14(18)9-11/h3-9,15,19H,10H2,1-2H3. The smallest absolute Gasteiger partial charge is 0.165 e. The number of nitrogens with one attached hydrogen (secondary N) is 1. The van der Waals surface area contributed by atoms with Crippen molar-refractivity contribution in [2.24, 2.45) is 0 Å². The number of halogens is 2. The second-order valence-electron chi connectivity index (χ2n) is 4.50. The summed E-state index contributed by atoms with van der Waals surface area (Å²) in [6.45, 7) is 0. The van der Waals surface area contributed by atoms with E-state index in [-0.39, 0.29) is 23.4 Å². The van der Waals surface area contributed by atoms with Gasteiger partial charge in [-0.3, -0.25) is 0 Å². The van der Waals surface area contributed by atoms with E-state index >= 15 is 0 Å². The molecule has 21 heavy (non-hydrogen) atoms. The first-order chi connectivity index (χ1) is 10.1. The number of rotatable bonds is 6. The molecular formula is C16H17F2NOS. The van der Waals surface area contributed by atoms with Crippen LogP contribution >= 0.6 is 11.8 Å². The van der Waals surface area contributed by atoms with Crippen LogP contribution < -0.4 is 10.1 Å². The van der Waals surface area contributed by atoms with E-state index in [9.17, 15) is 8.78 Å². The molecule has 0 aliphatic heterocycles. The van der Waals surface area contributed by atoms with Crippen molar-refractivity contribution in [2.75, 3.05) is 19.9 Å². The maximum Gasteiger partial charge on any atom is 0.165 e. The average Bonchev–Trinajstić information content (AvgIpc) is 2.50. The Morgan fingerprint density at radius 2 is 1.86 bits per heavy atom. The Hall–Kier alpha value is -1.59. The maximum atomic E-state index is 13.8. The third-order valence-corrected chi connectivity index (χ3v) is 4.26. The first-order valence-corrected chi connectivity index (χ1v) is 7.51. The number of methoxy groups -OCH3 is 1. The van der Waals surface area contributed by atoms with Gasteiger partial charge in [-0.1, -0.05) is 6.07 Å². The van der Waals surface area contributed by atoms with Crippen LogP contribution in [-0.2, 0) is 0 Å². The monoisotopic (exact) mass is 309 g/mol. The summed E-state index contributed by atoms with van der Waals surface area (Å²) in [5.74, 6) is 0.331. The van der Waals surface area contributed by atoms with Crippen molar-refractivity contribution in [3.63, 3.8) is 0 Å². The lowest BCUT2D eigenvalue weighted by Crippen LogP contribution is -2.18. The van der Waals surface area contributed by atoms with Crippen molar-refractivity contribution in [2.45, 2.75) is 10.9 Å². The average molecular weight is 309 g/mol. The molecule has 2 rings (SSSR count). The number of hydrogen-bond donors (Lipinski definition) is 1. The summed E-state index contributed by atoms with van der Waals surface area (Å²) < 4.78 is 31.5. The minimum atomic E-state index is -0.373. The molecule has 112 valence electrons. The van der Waals surface area contributed by atoms with Crippen LogP contribution in [0.3, 0.4) is 0 Å². The Bertz CT molecular complexity index is 589. The summed E-state index contributed by atoms with van der Waals surface area (Å²) in [6, 6.07) is 11.3. The molecule has 0 amide bonds.